The predicted octanol–water partition coefficient (Wildman–Crippen LogP) is 1.33. The van der Waals surface area contributed by atoms with Gasteiger partial charge in [-0.05, 0) is 32.0 Å². The summed E-state index contributed by atoms with van der Waals surface area (Å²) < 4.78 is 0. The zero-order valence-electron chi connectivity index (χ0n) is 16.2. The Kier molecular flexibility index (Phi) is 7.18. The minimum Gasteiger partial charge on any atom is -0.478 e. The first-order valence-corrected chi connectivity index (χ1v) is 9.25. The summed E-state index contributed by atoms with van der Waals surface area (Å²) in [5.41, 5.74) is 1.42. The van der Waals surface area contributed by atoms with Crippen LogP contribution in [0.2, 0.25) is 0 Å². The highest BCUT2D eigenvalue weighted by atomic mass is 16.4. The molecule has 0 aromatic heterocycles. The van der Waals surface area contributed by atoms with Crippen molar-refractivity contribution >= 4 is 29.2 Å². The summed E-state index contributed by atoms with van der Waals surface area (Å²) >= 11 is 0. The average molecular weight is 376 g/mol. The van der Waals surface area contributed by atoms with Crippen molar-refractivity contribution < 1.29 is 19.5 Å². The van der Waals surface area contributed by atoms with Gasteiger partial charge < -0.3 is 20.2 Å². The fourth-order valence-electron chi connectivity index (χ4n) is 3.25. The van der Waals surface area contributed by atoms with Crippen molar-refractivity contribution in [2.24, 2.45) is 0 Å². The standard InChI is InChI=1S/C19H28N4O4/c1-4-22(5-2)18(25)13-21-8-10-23(11-9-21)17-7-6-15(19(26)27)12-16(17)20-14(3)24/h6-7,12H,4-5,8-11,13H2,1-3H3,(H,20,24)(H,26,27). The molecule has 2 rings (SSSR count). The number of carbonyl (C=O) groups is 3. The second kappa shape index (κ2) is 9.36. The van der Waals surface area contributed by atoms with Gasteiger partial charge in [-0.15, -0.1) is 0 Å². The number of carboxylic acids is 1. The quantitative estimate of drug-likeness (QED) is 0.746. The summed E-state index contributed by atoms with van der Waals surface area (Å²) in [5, 5.41) is 11.9. The van der Waals surface area contributed by atoms with Crippen molar-refractivity contribution in [2.45, 2.75) is 20.8 Å². The zero-order chi connectivity index (χ0) is 20.0. The van der Waals surface area contributed by atoms with Gasteiger partial charge in [0.05, 0.1) is 23.5 Å². The first-order chi connectivity index (χ1) is 12.8. The Hall–Kier alpha value is -2.61. The van der Waals surface area contributed by atoms with Gasteiger partial charge in [0.25, 0.3) is 0 Å². The van der Waals surface area contributed by atoms with E-state index in [1.165, 1.54) is 13.0 Å². The second-order valence-corrected chi connectivity index (χ2v) is 6.55. The summed E-state index contributed by atoms with van der Waals surface area (Å²) in [5.74, 6) is -1.15. The minimum absolute atomic E-state index is 0.131. The number of rotatable bonds is 7. The Morgan fingerprint density at radius 3 is 2.26 bits per heavy atom. The van der Waals surface area contributed by atoms with Crippen LogP contribution >= 0.6 is 0 Å². The van der Waals surface area contributed by atoms with Crippen LogP contribution in [-0.2, 0) is 9.59 Å². The number of nitrogens with one attached hydrogen (secondary N) is 1. The number of carboxylic acid groups (broad SMARTS) is 1. The predicted molar refractivity (Wildman–Crippen MR) is 104 cm³/mol. The number of hydrogen-bond acceptors (Lipinski definition) is 5. The Morgan fingerprint density at radius 2 is 1.74 bits per heavy atom. The van der Waals surface area contributed by atoms with Gasteiger partial charge >= 0.3 is 5.97 Å². The van der Waals surface area contributed by atoms with Gasteiger partial charge in [-0.1, -0.05) is 0 Å². The number of piperazine rings is 1. The summed E-state index contributed by atoms with van der Waals surface area (Å²) in [6.45, 7) is 10.0. The van der Waals surface area contributed by atoms with Crippen LogP contribution in [0.15, 0.2) is 18.2 Å². The third-order valence-electron chi connectivity index (χ3n) is 4.74. The van der Waals surface area contributed by atoms with Crippen LogP contribution in [0.5, 0.6) is 0 Å². The van der Waals surface area contributed by atoms with Crippen molar-refractivity contribution in [3.8, 4) is 0 Å². The maximum absolute atomic E-state index is 12.3. The average Bonchev–Trinajstić information content (AvgIpc) is 2.63. The molecule has 2 N–H and O–H groups in total. The number of likely N-dealkylation sites (N-methyl/N-ethyl adjacent to an activating group) is 1. The van der Waals surface area contributed by atoms with E-state index in [9.17, 15) is 19.5 Å². The van der Waals surface area contributed by atoms with Crippen molar-refractivity contribution in [1.82, 2.24) is 9.80 Å². The molecule has 1 heterocycles. The van der Waals surface area contributed by atoms with Crippen LogP contribution in [0.4, 0.5) is 11.4 Å². The van der Waals surface area contributed by atoms with E-state index < -0.39 is 5.97 Å². The Morgan fingerprint density at radius 1 is 1.11 bits per heavy atom. The maximum atomic E-state index is 12.3. The van der Waals surface area contributed by atoms with Crippen LogP contribution in [-0.4, -0.2) is 78.5 Å². The van der Waals surface area contributed by atoms with Crippen molar-refractivity contribution in [1.29, 1.82) is 0 Å². The van der Waals surface area contributed by atoms with Crippen LogP contribution in [0.3, 0.4) is 0 Å². The molecule has 0 unspecified atom stereocenters. The highest BCUT2D eigenvalue weighted by molar-refractivity contribution is 5.96. The van der Waals surface area contributed by atoms with Crippen LogP contribution in [0, 0.1) is 0 Å². The van der Waals surface area contributed by atoms with Gasteiger partial charge in [0.2, 0.25) is 11.8 Å². The first kappa shape index (κ1) is 20.7. The SMILES string of the molecule is CCN(CC)C(=O)CN1CCN(c2ccc(C(=O)O)cc2NC(C)=O)CC1. The van der Waals surface area contributed by atoms with Crippen molar-refractivity contribution in [3.63, 3.8) is 0 Å². The van der Waals surface area contributed by atoms with Gasteiger partial charge in [-0.2, -0.15) is 0 Å². The lowest BCUT2D eigenvalue weighted by atomic mass is 10.1. The molecular weight excluding hydrogens is 348 g/mol. The fraction of sp³-hybridized carbons (Fsp3) is 0.526. The van der Waals surface area contributed by atoms with Gasteiger partial charge in [0, 0.05) is 46.2 Å². The highest BCUT2D eigenvalue weighted by Crippen LogP contribution is 2.28. The molecule has 0 radical (unpaired) electrons. The van der Waals surface area contributed by atoms with E-state index in [1.807, 2.05) is 18.7 Å². The van der Waals surface area contributed by atoms with Gasteiger partial charge in [-0.25, -0.2) is 4.79 Å². The molecule has 0 atom stereocenters. The molecule has 1 fully saturated rings. The monoisotopic (exact) mass is 376 g/mol. The molecule has 148 valence electrons. The third kappa shape index (κ3) is 5.43. The van der Waals surface area contributed by atoms with Crippen LogP contribution < -0.4 is 10.2 Å². The molecule has 0 saturated carbocycles. The number of hydrogen-bond donors (Lipinski definition) is 2. The minimum atomic E-state index is -1.03. The van der Waals surface area contributed by atoms with E-state index >= 15 is 0 Å². The molecule has 1 aromatic carbocycles. The van der Waals surface area contributed by atoms with E-state index in [-0.39, 0.29) is 17.4 Å². The number of anilines is 2. The highest BCUT2D eigenvalue weighted by Gasteiger charge is 2.23. The second-order valence-electron chi connectivity index (χ2n) is 6.55. The van der Waals surface area contributed by atoms with Crippen molar-refractivity contribution in [3.05, 3.63) is 23.8 Å². The molecule has 8 heteroatoms. The molecular formula is C19H28N4O4. The fourth-order valence-corrected chi connectivity index (χ4v) is 3.25. The van der Waals surface area contributed by atoms with Crippen LogP contribution in [0.1, 0.15) is 31.1 Å². The van der Waals surface area contributed by atoms with Gasteiger partial charge in [-0.3, -0.25) is 14.5 Å². The van der Waals surface area contributed by atoms with E-state index in [1.54, 1.807) is 12.1 Å². The molecule has 2 amide bonds. The number of nitrogens with zero attached hydrogens (tertiary/aromatic N) is 3. The lowest BCUT2D eigenvalue weighted by molar-refractivity contribution is -0.132. The molecule has 1 aliphatic heterocycles. The normalized spacial score (nSPS) is 14.7. The van der Waals surface area contributed by atoms with E-state index in [0.717, 1.165) is 18.8 Å². The van der Waals surface area contributed by atoms with Gasteiger partial charge in [0.15, 0.2) is 0 Å². The van der Waals surface area contributed by atoms with Crippen molar-refractivity contribution in [2.75, 3.05) is 56.0 Å². The molecule has 8 nitrogen and oxygen atoms in total. The number of aromatic carboxylic acids is 1. The lowest BCUT2D eigenvalue weighted by Gasteiger charge is -2.37. The van der Waals surface area contributed by atoms with E-state index in [0.29, 0.717) is 38.4 Å². The smallest absolute Gasteiger partial charge is 0.335 e. The molecule has 0 spiro atoms. The Bertz CT molecular complexity index is 695. The summed E-state index contributed by atoms with van der Waals surface area (Å²) in [7, 11) is 0. The molecule has 1 aromatic rings. The largest absolute Gasteiger partial charge is 0.478 e. The Labute approximate surface area is 159 Å². The molecule has 0 aliphatic carbocycles. The van der Waals surface area contributed by atoms with E-state index in [4.69, 9.17) is 0 Å². The zero-order valence-corrected chi connectivity index (χ0v) is 16.2. The number of carbonyl (C=O) groups excluding carboxylic acids is 2. The topological polar surface area (TPSA) is 93.2 Å². The molecule has 1 aliphatic rings. The first-order valence-electron chi connectivity index (χ1n) is 9.25. The molecule has 27 heavy (non-hydrogen) atoms. The maximum Gasteiger partial charge on any atom is 0.335 e. The Balaban J connectivity index is 2.05. The molecule has 1 saturated heterocycles. The molecule has 0 bridgehead atoms. The summed E-state index contributed by atoms with van der Waals surface area (Å²) in [6.07, 6.45) is 0. The summed E-state index contributed by atoms with van der Waals surface area (Å²) in [4.78, 5) is 41.0. The van der Waals surface area contributed by atoms with Gasteiger partial charge in [0.1, 0.15) is 0 Å². The number of benzene rings is 1. The van der Waals surface area contributed by atoms with E-state index in [2.05, 4.69) is 15.1 Å². The van der Waals surface area contributed by atoms with Crippen LogP contribution in [0.25, 0.3) is 0 Å². The summed E-state index contributed by atoms with van der Waals surface area (Å²) in [6, 6.07) is 4.75. The lowest BCUT2D eigenvalue weighted by Crippen LogP contribution is -2.50. The third-order valence-corrected chi connectivity index (χ3v) is 4.74. The number of amides is 2.